The van der Waals surface area contributed by atoms with Crippen LogP contribution < -0.4 is 14.8 Å². The highest BCUT2D eigenvalue weighted by atomic mass is 16.5. The van der Waals surface area contributed by atoms with Crippen molar-refractivity contribution in [2.45, 2.75) is 26.3 Å². The lowest BCUT2D eigenvalue weighted by Gasteiger charge is -2.21. The van der Waals surface area contributed by atoms with E-state index in [1.807, 2.05) is 13.8 Å². The van der Waals surface area contributed by atoms with Crippen LogP contribution in [-0.4, -0.2) is 51.8 Å². The number of esters is 2. The highest BCUT2D eigenvalue weighted by Crippen LogP contribution is 2.28. The zero-order chi connectivity index (χ0) is 19.7. The highest BCUT2D eigenvalue weighted by Gasteiger charge is 2.27. The molecule has 1 aromatic rings. The Labute approximate surface area is 152 Å². The largest absolute Gasteiger partial charge is 0.496 e. The Bertz CT molecular complexity index is 622. The van der Waals surface area contributed by atoms with Gasteiger partial charge in [-0.15, -0.1) is 0 Å². The summed E-state index contributed by atoms with van der Waals surface area (Å²) < 4.78 is 20.0. The van der Waals surface area contributed by atoms with Crippen molar-refractivity contribution in [2.75, 3.05) is 27.9 Å². The molecule has 0 aliphatic rings. The molecule has 0 aliphatic carbocycles. The van der Waals surface area contributed by atoms with Crippen molar-refractivity contribution in [3.05, 3.63) is 23.8 Å². The van der Waals surface area contributed by atoms with E-state index in [2.05, 4.69) is 5.32 Å². The summed E-state index contributed by atoms with van der Waals surface area (Å²) >= 11 is 0. The van der Waals surface area contributed by atoms with Gasteiger partial charge in [-0.25, -0.2) is 9.59 Å². The van der Waals surface area contributed by atoms with Gasteiger partial charge >= 0.3 is 11.9 Å². The zero-order valence-corrected chi connectivity index (χ0v) is 15.7. The lowest BCUT2D eigenvalue weighted by molar-refractivity contribution is -0.147. The Morgan fingerprint density at radius 2 is 1.65 bits per heavy atom. The van der Waals surface area contributed by atoms with E-state index in [9.17, 15) is 14.4 Å². The van der Waals surface area contributed by atoms with Gasteiger partial charge in [-0.05, 0) is 18.1 Å². The van der Waals surface area contributed by atoms with Crippen LogP contribution in [0, 0.1) is 5.92 Å². The molecule has 0 radical (unpaired) electrons. The Hall–Kier alpha value is -2.77. The molecule has 26 heavy (non-hydrogen) atoms. The van der Waals surface area contributed by atoms with E-state index in [4.69, 9.17) is 18.9 Å². The maximum absolute atomic E-state index is 12.3. The first-order valence-electron chi connectivity index (χ1n) is 8.14. The number of nitrogens with one attached hydrogen (secondary N) is 1. The Balaban J connectivity index is 2.78. The van der Waals surface area contributed by atoms with Crippen LogP contribution in [0.15, 0.2) is 18.2 Å². The van der Waals surface area contributed by atoms with E-state index in [1.54, 1.807) is 18.2 Å². The minimum Gasteiger partial charge on any atom is -0.496 e. The number of rotatable bonds is 9. The maximum Gasteiger partial charge on any atom is 0.346 e. The fourth-order valence-corrected chi connectivity index (χ4v) is 2.27. The second-order valence-corrected chi connectivity index (χ2v) is 5.57. The molecule has 0 saturated carbocycles. The van der Waals surface area contributed by atoms with Crippen LogP contribution in [0.1, 0.15) is 30.6 Å². The average Bonchev–Trinajstić information content (AvgIpc) is 2.68. The normalized spacial score (nSPS) is 12.5. The highest BCUT2D eigenvalue weighted by molar-refractivity contribution is 5.97. The SMILES string of the molecule is CC[C@@H](C)[C@@H](NC(=O)COC(=O)c1c(OC)cccc1OC)C(=O)OC. The lowest BCUT2D eigenvalue weighted by atomic mass is 9.99. The van der Waals surface area contributed by atoms with Crippen LogP contribution in [-0.2, 0) is 19.1 Å². The summed E-state index contributed by atoms with van der Waals surface area (Å²) in [7, 11) is 4.06. The Morgan fingerprint density at radius 1 is 1.08 bits per heavy atom. The Morgan fingerprint density at radius 3 is 2.12 bits per heavy atom. The molecule has 1 N–H and O–H groups in total. The van der Waals surface area contributed by atoms with Crippen molar-refractivity contribution in [2.24, 2.45) is 5.92 Å². The predicted octanol–water partition coefficient (Wildman–Crippen LogP) is 1.56. The average molecular weight is 367 g/mol. The van der Waals surface area contributed by atoms with E-state index < -0.39 is 30.5 Å². The van der Waals surface area contributed by atoms with Crippen molar-refractivity contribution in [3.8, 4) is 11.5 Å². The third-order valence-corrected chi connectivity index (χ3v) is 3.95. The molecule has 0 bridgehead atoms. The van der Waals surface area contributed by atoms with E-state index in [0.717, 1.165) is 0 Å². The molecule has 0 fully saturated rings. The summed E-state index contributed by atoms with van der Waals surface area (Å²) in [5.41, 5.74) is 0.0803. The van der Waals surface area contributed by atoms with Gasteiger partial charge in [-0.1, -0.05) is 26.3 Å². The van der Waals surface area contributed by atoms with Crippen molar-refractivity contribution in [3.63, 3.8) is 0 Å². The molecule has 2 atom stereocenters. The van der Waals surface area contributed by atoms with Gasteiger partial charge in [0.1, 0.15) is 23.1 Å². The molecule has 1 aromatic carbocycles. The van der Waals surface area contributed by atoms with Crippen LogP contribution >= 0.6 is 0 Å². The van der Waals surface area contributed by atoms with Crippen LogP contribution in [0.5, 0.6) is 11.5 Å². The third kappa shape index (κ3) is 5.37. The van der Waals surface area contributed by atoms with E-state index >= 15 is 0 Å². The number of amides is 1. The maximum atomic E-state index is 12.3. The van der Waals surface area contributed by atoms with Gasteiger partial charge in [-0.2, -0.15) is 0 Å². The first-order valence-corrected chi connectivity index (χ1v) is 8.14. The van der Waals surface area contributed by atoms with Crippen molar-refractivity contribution >= 4 is 17.8 Å². The molecule has 0 unspecified atom stereocenters. The molecule has 1 rings (SSSR count). The van der Waals surface area contributed by atoms with Crippen LogP contribution in [0.3, 0.4) is 0 Å². The number of hydrogen-bond donors (Lipinski definition) is 1. The molecule has 0 aromatic heterocycles. The van der Waals surface area contributed by atoms with Gasteiger partial charge in [0.25, 0.3) is 5.91 Å². The van der Waals surface area contributed by atoms with Gasteiger partial charge in [0, 0.05) is 0 Å². The molecular formula is C18H25NO7. The topological polar surface area (TPSA) is 100 Å². The fraction of sp³-hybridized carbons (Fsp3) is 0.500. The molecule has 1 amide bonds. The number of hydrogen-bond acceptors (Lipinski definition) is 7. The molecule has 144 valence electrons. The zero-order valence-electron chi connectivity index (χ0n) is 15.7. The monoisotopic (exact) mass is 367 g/mol. The number of benzene rings is 1. The minimum atomic E-state index is -0.808. The molecule has 0 heterocycles. The summed E-state index contributed by atoms with van der Waals surface area (Å²) in [5, 5.41) is 2.53. The van der Waals surface area contributed by atoms with Crippen LogP contribution in [0.2, 0.25) is 0 Å². The van der Waals surface area contributed by atoms with E-state index in [1.165, 1.54) is 21.3 Å². The lowest BCUT2D eigenvalue weighted by Crippen LogP contribution is -2.47. The summed E-state index contributed by atoms with van der Waals surface area (Å²) in [6.07, 6.45) is 0.665. The molecule has 8 nitrogen and oxygen atoms in total. The van der Waals surface area contributed by atoms with Crippen LogP contribution in [0.4, 0.5) is 0 Å². The molecule has 0 aliphatic heterocycles. The quantitative estimate of drug-likeness (QED) is 0.661. The second-order valence-electron chi connectivity index (χ2n) is 5.57. The van der Waals surface area contributed by atoms with Gasteiger partial charge in [0.05, 0.1) is 21.3 Å². The second kappa shape index (κ2) is 10.3. The van der Waals surface area contributed by atoms with E-state index in [0.29, 0.717) is 6.42 Å². The van der Waals surface area contributed by atoms with Gasteiger partial charge in [0.15, 0.2) is 6.61 Å². The van der Waals surface area contributed by atoms with Gasteiger partial charge < -0.3 is 24.3 Å². The minimum absolute atomic E-state index is 0.0803. The molecule has 8 heteroatoms. The van der Waals surface area contributed by atoms with Crippen molar-refractivity contribution in [1.29, 1.82) is 0 Å². The molecule has 0 saturated heterocycles. The predicted molar refractivity (Wildman–Crippen MR) is 93.2 cm³/mol. The summed E-state index contributed by atoms with van der Waals surface area (Å²) in [6.45, 7) is 3.15. The number of methoxy groups -OCH3 is 3. The summed E-state index contributed by atoms with van der Waals surface area (Å²) in [4.78, 5) is 36.2. The first-order chi connectivity index (χ1) is 12.4. The molecular weight excluding hydrogens is 342 g/mol. The van der Waals surface area contributed by atoms with Gasteiger partial charge in [0.2, 0.25) is 0 Å². The van der Waals surface area contributed by atoms with Gasteiger partial charge in [-0.3, -0.25) is 4.79 Å². The summed E-state index contributed by atoms with van der Waals surface area (Å²) in [5.74, 6) is -1.53. The number of carbonyl (C=O) groups is 3. The van der Waals surface area contributed by atoms with Crippen molar-refractivity contribution < 1.29 is 33.3 Å². The third-order valence-electron chi connectivity index (χ3n) is 3.95. The Kier molecular flexibility index (Phi) is 8.41. The summed E-state index contributed by atoms with van der Waals surface area (Å²) in [6, 6.07) is 4.01. The fourth-order valence-electron chi connectivity index (χ4n) is 2.27. The first kappa shape index (κ1) is 21.3. The smallest absolute Gasteiger partial charge is 0.346 e. The van der Waals surface area contributed by atoms with E-state index in [-0.39, 0.29) is 23.0 Å². The van der Waals surface area contributed by atoms with Crippen LogP contribution in [0.25, 0.3) is 0 Å². The standard InChI is InChI=1S/C18H25NO7/c1-6-11(2)16(18(22)25-5)19-14(20)10-26-17(21)15-12(23-3)8-7-9-13(15)24-4/h7-9,11,16H,6,10H2,1-5H3,(H,19,20)/t11-,16-/m1/s1. The number of carbonyl (C=O) groups excluding carboxylic acids is 3. The number of ether oxygens (including phenoxy) is 4. The molecule has 0 spiro atoms. The van der Waals surface area contributed by atoms with Crippen molar-refractivity contribution in [1.82, 2.24) is 5.32 Å².